The Hall–Kier alpha value is -0.340. The number of rotatable bonds is 2. The molecule has 0 spiro atoms. The molecule has 0 bridgehead atoms. The normalized spacial score (nSPS) is 25.6. The Kier molecular flexibility index (Phi) is 4.02. The second kappa shape index (κ2) is 5.52. The van der Waals surface area contributed by atoms with Gasteiger partial charge in [-0.05, 0) is 44.5 Å². The summed E-state index contributed by atoms with van der Waals surface area (Å²) < 4.78 is 0. The summed E-state index contributed by atoms with van der Waals surface area (Å²) in [7, 11) is 0. The van der Waals surface area contributed by atoms with E-state index in [1.54, 1.807) is 5.57 Å². The minimum absolute atomic E-state index is 1.12. The van der Waals surface area contributed by atoms with Crippen molar-refractivity contribution in [2.45, 2.75) is 32.1 Å². The molecular formula is C12H22N2. The van der Waals surface area contributed by atoms with Gasteiger partial charge in [0.2, 0.25) is 0 Å². The first-order valence-corrected chi connectivity index (χ1v) is 6.06. The summed E-state index contributed by atoms with van der Waals surface area (Å²) in [5.74, 6) is 0. The first kappa shape index (κ1) is 10.2. The molecule has 2 aliphatic rings. The molecule has 14 heavy (non-hydrogen) atoms. The van der Waals surface area contributed by atoms with Crippen LogP contribution in [0.4, 0.5) is 0 Å². The minimum atomic E-state index is 1.12. The molecule has 0 saturated carbocycles. The van der Waals surface area contributed by atoms with Crippen molar-refractivity contribution >= 4 is 0 Å². The first-order valence-electron chi connectivity index (χ1n) is 6.06. The molecule has 1 fully saturated rings. The molecule has 0 aliphatic carbocycles. The Morgan fingerprint density at radius 3 is 2.57 bits per heavy atom. The third kappa shape index (κ3) is 3.10. The first-order chi connectivity index (χ1) is 6.95. The quantitative estimate of drug-likeness (QED) is 0.674. The summed E-state index contributed by atoms with van der Waals surface area (Å²) in [5, 5.41) is 3.45. The van der Waals surface area contributed by atoms with Gasteiger partial charge in [0.25, 0.3) is 0 Å². The van der Waals surface area contributed by atoms with Gasteiger partial charge in [-0.2, -0.15) is 0 Å². The highest BCUT2D eigenvalue weighted by Crippen LogP contribution is 2.12. The van der Waals surface area contributed by atoms with E-state index in [4.69, 9.17) is 0 Å². The van der Waals surface area contributed by atoms with Crippen LogP contribution < -0.4 is 5.32 Å². The predicted octanol–water partition coefficient (Wildman–Crippen LogP) is 1.78. The Balaban J connectivity index is 1.79. The molecule has 2 heterocycles. The van der Waals surface area contributed by atoms with Crippen LogP contribution in [0, 0.1) is 0 Å². The topological polar surface area (TPSA) is 15.3 Å². The standard InChI is InChI=1S/C12H22N2/c1-2-4-9-14(8-3-1)11-12-6-5-7-13-10-12/h6,13H,1-5,7-11H2. The van der Waals surface area contributed by atoms with E-state index in [1.807, 2.05) is 0 Å². The number of nitrogens with zero attached hydrogens (tertiary/aromatic N) is 1. The summed E-state index contributed by atoms with van der Waals surface area (Å²) in [6, 6.07) is 0. The van der Waals surface area contributed by atoms with Gasteiger partial charge in [0, 0.05) is 13.1 Å². The molecule has 0 aromatic rings. The van der Waals surface area contributed by atoms with Crippen molar-refractivity contribution in [2.75, 3.05) is 32.7 Å². The highest BCUT2D eigenvalue weighted by molar-refractivity contribution is 5.09. The maximum Gasteiger partial charge on any atom is 0.0205 e. The monoisotopic (exact) mass is 194 g/mol. The van der Waals surface area contributed by atoms with E-state index < -0.39 is 0 Å². The SMILES string of the molecule is C1=C(CN2CCCCCC2)CNCC1. The van der Waals surface area contributed by atoms with Gasteiger partial charge in [-0.1, -0.05) is 18.9 Å². The molecule has 2 heteroatoms. The van der Waals surface area contributed by atoms with Gasteiger partial charge in [-0.3, -0.25) is 4.90 Å². The van der Waals surface area contributed by atoms with Crippen molar-refractivity contribution < 1.29 is 0 Å². The zero-order valence-corrected chi connectivity index (χ0v) is 9.10. The van der Waals surface area contributed by atoms with Gasteiger partial charge < -0.3 is 5.32 Å². The van der Waals surface area contributed by atoms with Gasteiger partial charge in [-0.25, -0.2) is 0 Å². The molecule has 0 unspecified atom stereocenters. The summed E-state index contributed by atoms with van der Waals surface area (Å²) in [6.07, 6.45) is 9.34. The fourth-order valence-corrected chi connectivity index (χ4v) is 2.40. The Morgan fingerprint density at radius 1 is 1.14 bits per heavy atom. The van der Waals surface area contributed by atoms with Gasteiger partial charge in [0.15, 0.2) is 0 Å². The third-order valence-electron chi connectivity index (χ3n) is 3.23. The lowest BCUT2D eigenvalue weighted by Crippen LogP contribution is -2.32. The highest BCUT2D eigenvalue weighted by Gasteiger charge is 2.11. The molecule has 2 rings (SSSR count). The van der Waals surface area contributed by atoms with E-state index in [0.29, 0.717) is 0 Å². The largest absolute Gasteiger partial charge is 0.313 e. The molecule has 0 amide bonds. The number of hydrogen-bond donors (Lipinski definition) is 1. The Morgan fingerprint density at radius 2 is 1.93 bits per heavy atom. The van der Waals surface area contributed by atoms with E-state index >= 15 is 0 Å². The van der Waals surface area contributed by atoms with Crippen LogP contribution in [0.25, 0.3) is 0 Å². The van der Waals surface area contributed by atoms with Crippen LogP contribution in [-0.2, 0) is 0 Å². The van der Waals surface area contributed by atoms with Crippen molar-refractivity contribution in [3.05, 3.63) is 11.6 Å². The molecule has 0 aromatic carbocycles. The van der Waals surface area contributed by atoms with Crippen LogP contribution >= 0.6 is 0 Å². The van der Waals surface area contributed by atoms with Crippen LogP contribution in [0.2, 0.25) is 0 Å². The van der Waals surface area contributed by atoms with Crippen molar-refractivity contribution in [1.29, 1.82) is 0 Å². The number of likely N-dealkylation sites (tertiary alicyclic amines) is 1. The van der Waals surface area contributed by atoms with Crippen molar-refractivity contribution in [3.8, 4) is 0 Å². The molecule has 0 atom stereocenters. The second-order valence-corrected chi connectivity index (χ2v) is 4.52. The molecule has 1 N–H and O–H groups in total. The zero-order chi connectivity index (χ0) is 9.64. The van der Waals surface area contributed by atoms with Gasteiger partial charge >= 0.3 is 0 Å². The van der Waals surface area contributed by atoms with E-state index in [-0.39, 0.29) is 0 Å². The zero-order valence-electron chi connectivity index (χ0n) is 9.10. The van der Waals surface area contributed by atoms with Gasteiger partial charge in [0.05, 0.1) is 0 Å². The number of hydrogen-bond acceptors (Lipinski definition) is 2. The summed E-state index contributed by atoms with van der Waals surface area (Å²) in [5.41, 5.74) is 1.61. The minimum Gasteiger partial charge on any atom is -0.313 e. The van der Waals surface area contributed by atoms with Crippen molar-refractivity contribution in [2.24, 2.45) is 0 Å². The van der Waals surface area contributed by atoms with Gasteiger partial charge in [0.1, 0.15) is 0 Å². The Bertz CT molecular complexity index is 190. The molecule has 2 nitrogen and oxygen atoms in total. The lowest BCUT2D eigenvalue weighted by Gasteiger charge is -2.23. The summed E-state index contributed by atoms with van der Waals surface area (Å²) >= 11 is 0. The highest BCUT2D eigenvalue weighted by atomic mass is 15.1. The molecular weight excluding hydrogens is 172 g/mol. The summed E-state index contributed by atoms with van der Waals surface area (Å²) in [6.45, 7) is 6.14. The summed E-state index contributed by atoms with van der Waals surface area (Å²) in [4.78, 5) is 2.63. The second-order valence-electron chi connectivity index (χ2n) is 4.52. The molecule has 1 saturated heterocycles. The maximum absolute atomic E-state index is 3.45. The van der Waals surface area contributed by atoms with Crippen molar-refractivity contribution in [1.82, 2.24) is 10.2 Å². The molecule has 80 valence electrons. The van der Waals surface area contributed by atoms with Crippen LogP contribution in [0.1, 0.15) is 32.1 Å². The van der Waals surface area contributed by atoms with Crippen LogP contribution in [0.3, 0.4) is 0 Å². The smallest absolute Gasteiger partial charge is 0.0205 e. The van der Waals surface area contributed by atoms with Gasteiger partial charge in [-0.15, -0.1) is 0 Å². The number of nitrogens with one attached hydrogen (secondary N) is 1. The third-order valence-corrected chi connectivity index (χ3v) is 3.23. The molecule has 0 radical (unpaired) electrons. The average Bonchev–Trinajstić information content (AvgIpc) is 2.48. The fourth-order valence-electron chi connectivity index (χ4n) is 2.40. The predicted molar refractivity (Wildman–Crippen MR) is 60.5 cm³/mol. The van der Waals surface area contributed by atoms with Crippen molar-refractivity contribution in [3.63, 3.8) is 0 Å². The Labute approximate surface area is 87.4 Å². The lowest BCUT2D eigenvalue weighted by molar-refractivity contribution is 0.305. The van der Waals surface area contributed by atoms with E-state index in [0.717, 1.165) is 6.54 Å². The van der Waals surface area contributed by atoms with Crippen LogP contribution in [0.15, 0.2) is 11.6 Å². The lowest BCUT2D eigenvalue weighted by atomic mass is 10.1. The average molecular weight is 194 g/mol. The van der Waals surface area contributed by atoms with Crippen LogP contribution in [-0.4, -0.2) is 37.6 Å². The van der Waals surface area contributed by atoms with Crippen LogP contribution in [0.5, 0.6) is 0 Å². The molecule has 0 aromatic heterocycles. The maximum atomic E-state index is 3.45. The fraction of sp³-hybridized carbons (Fsp3) is 0.833. The molecule has 2 aliphatic heterocycles. The van der Waals surface area contributed by atoms with E-state index in [9.17, 15) is 0 Å². The van der Waals surface area contributed by atoms with E-state index in [1.165, 1.54) is 58.3 Å². The van der Waals surface area contributed by atoms with E-state index in [2.05, 4.69) is 16.3 Å².